The van der Waals surface area contributed by atoms with Crippen LogP contribution in [0.5, 0.6) is 0 Å². The number of aliphatic carboxylic acids is 2. The average molecular weight is 616 g/mol. The first kappa shape index (κ1) is 32.9. The van der Waals surface area contributed by atoms with Crippen molar-refractivity contribution in [3.8, 4) is 22.8 Å². The number of carboxylic acid groups (broad SMARTS) is 3. The zero-order valence-electron chi connectivity index (χ0n) is 23.4. The fourth-order valence-corrected chi connectivity index (χ4v) is 4.85. The highest BCUT2D eigenvalue weighted by Crippen LogP contribution is 2.32. The number of sulfonamides is 1. The number of nitrogens with zero attached hydrogens (tertiary/aromatic N) is 4. The van der Waals surface area contributed by atoms with E-state index in [0.29, 0.717) is 48.9 Å². The van der Waals surface area contributed by atoms with Gasteiger partial charge in [-0.1, -0.05) is 47.6 Å². The third-order valence-corrected chi connectivity index (χ3v) is 7.15. The van der Waals surface area contributed by atoms with Crippen LogP contribution in [0.25, 0.3) is 22.8 Å². The smallest absolute Gasteiger partial charge is 0.411 e. The van der Waals surface area contributed by atoms with Gasteiger partial charge in [-0.2, -0.15) is 4.98 Å². The highest BCUT2D eigenvalue weighted by atomic mass is 32.2. The molecule has 0 radical (unpaired) electrons. The van der Waals surface area contributed by atoms with Crippen molar-refractivity contribution in [2.24, 2.45) is 5.92 Å². The Bertz CT molecular complexity index is 1500. The number of carboxylic acids is 2. The molecule has 1 amide bonds. The minimum Gasteiger partial charge on any atom is -0.478 e. The van der Waals surface area contributed by atoms with Gasteiger partial charge in [0.05, 0.1) is 17.5 Å². The molecule has 15 heteroatoms. The first-order chi connectivity index (χ1) is 20.4. The topological polar surface area (TPSA) is 203 Å². The molecule has 0 atom stereocenters. The van der Waals surface area contributed by atoms with E-state index in [0.717, 1.165) is 37.8 Å². The number of carbonyl (C=O) groups is 3. The Morgan fingerprint density at radius 2 is 1.60 bits per heavy atom. The predicted octanol–water partition coefficient (Wildman–Crippen LogP) is 2.86. The Labute approximate surface area is 248 Å². The second-order valence-electron chi connectivity index (χ2n) is 9.66. The maximum Gasteiger partial charge on any atom is 0.411 e. The summed E-state index contributed by atoms with van der Waals surface area (Å²) in [5.74, 6) is -1.63. The molecule has 0 saturated carbocycles. The third kappa shape index (κ3) is 11.0. The first-order valence-electron chi connectivity index (χ1n) is 13.2. The maximum absolute atomic E-state index is 12.3. The fourth-order valence-electron chi connectivity index (χ4n) is 4.39. The Morgan fingerprint density at radius 1 is 1.00 bits per heavy atom. The number of para-hydroxylation sites is 1. The second kappa shape index (κ2) is 15.6. The van der Waals surface area contributed by atoms with Crippen molar-refractivity contribution in [3.63, 3.8) is 0 Å². The van der Waals surface area contributed by atoms with Crippen LogP contribution in [-0.4, -0.2) is 95.8 Å². The quantitative estimate of drug-likeness (QED) is 0.230. The molecule has 0 aliphatic carbocycles. The van der Waals surface area contributed by atoms with Crippen LogP contribution in [0.2, 0.25) is 0 Å². The molecule has 2 heterocycles. The van der Waals surface area contributed by atoms with Gasteiger partial charge in [-0.15, -0.1) is 0 Å². The van der Waals surface area contributed by atoms with Crippen LogP contribution >= 0.6 is 0 Å². The van der Waals surface area contributed by atoms with Crippen LogP contribution in [0.4, 0.5) is 10.5 Å². The SMILES string of the molecule is CS(=O)(=O)NCCN1CCC(CN(C(=O)O)c2ccccc2-c2nc(-c3ccccc3)no2)CC1.O=C(O)C=CC(=O)O. The van der Waals surface area contributed by atoms with Crippen molar-refractivity contribution in [3.05, 3.63) is 66.7 Å². The normalized spacial score (nSPS) is 14.2. The van der Waals surface area contributed by atoms with Crippen molar-refractivity contribution >= 4 is 33.7 Å². The minimum absolute atomic E-state index is 0.181. The van der Waals surface area contributed by atoms with Crippen molar-refractivity contribution in [2.45, 2.75) is 12.8 Å². The summed E-state index contributed by atoms with van der Waals surface area (Å²) in [5.41, 5.74) is 1.88. The molecular weight excluding hydrogens is 582 g/mol. The number of benzene rings is 2. The molecule has 3 aromatic rings. The van der Waals surface area contributed by atoms with Gasteiger partial charge in [0.25, 0.3) is 5.89 Å². The van der Waals surface area contributed by atoms with Gasteiger partial charge < -0.3 is 24.7 Å². The second-order valence-corrected chi connectivity index (χ2v) is 11.5. The van der Waals surface area contributed by atoms with Gasteiger partial charge in [0, 0.05) is 37.3 Å². The van der Waals surface area contributed by atoms with E-state index >= 15 is 0 Å². The van der Waals surface area contributed by atoms with E-state index in [1.807, 2.05) is 36.4 Å². The average Bonchev–Trinajstić information content (AvgIpc) is 3.46. The maximum atomic E-state index is 12.3. The Kier molecular flexibility index (Phi) is 11.9. The molecule has 14 nitrogen and oxygen atoms in total. The lowest BCUT2D eigenvalue weighted by atomic mass is 9.95. The lowest BCUT2D eigenvalue weighted by Gasteiger charge is -2.34. The van der Waals surface area contributed by atoms with Gasteiger partial charge in [-0.25, -0.2) is 27.5 Å². The van der Waals surface area contributed by atoms with Crippen LogP contribution in [-0.2, 0) is 19.6 Å². The van der Waals surface area contributed by atoms with Gasteiger partial charge in [-0.05, 0) is 44.0 Å². The number of likely N-dealkylation sites (tertiary alicyclic amines) is 1. The summed E-state index contributed by atoms with van der Waals surface area (Å²) in [4.78, 5) is 39.4. The molecular formula is C28H33N5O9S. The zero-order valence-corrected chi connectivity index (χ0v) is 24.2. The van der Waals surface area contributed by atoms with E-state index in [1.54, 1.807) is 18.2 Å². The van der Waals surface area contributed by atoms with Crippen LogP contribution in [0.1, 0.15) is 12.8 Å². The molecule has 230 valence electrons. The molecule has 2 aromatic carbocycles. The summed E-state index contributed by atoms with van der Waals surface area (Å²) in [7, 11) is -3.20. The predicted molar refractivity (Wildman–Crippen MR) is 157 cm³/mol. The van der Waals surface area contributed by atoms with E-state index in [2.05, 4.69) is 19.8 Å². The summed E-state index contributed by atoms with van der Waals surface area (Å²) in [6.07, 6.45) is 2.87. The van der Waals surface area contributed by atoms with E-state index in [4.69, 9.17) is 14.7 Å². The number of hydrogen-bond donors (Lipinski definition) is 4. The van der Waals surface area contributed by atoms with E-state index in [1.165, 1.54) is 4.90 Å². The van der Waals surface area contributed by atoms with Crippen molar-refractivity contribution in [1.29, 1.82) is 0 Å². The highest BCUT2D eigenvalue weighted by molar-refractivity contribution is 7.88. The van der Waals surface area contributed by atoms with Gasteiger partial charge in [0.2, 0.25) is 15.8 Å². The molecule has 1 aromatic heterocycles. The number of hydrogen-bond acceptors (Lipinski definition) is 9. The first-order valence-corrected chi connectivity index (χ1v) is 15.1. The van der Waals surface area contributed by atoms with Crippen molar-refractivity contribution in [1.82, 2.24) is 19.8 Å². The summed E-state index contributed by atoms with van der Waals surface area (Å²) in [6.45, 7) is 2.92. The van der Waals surface area contributed by atoms with E-state index in [-0.39, 0.29) is 11.8 Å². The van der Waals surface area contributed by atoms with E-state index in [9.17, 15) is 27.9 Å². The molecule has 43 heavy (non-hydrogen) atoms. The zero-order chi connectivity index (χ0) is 31.4. The van der Waals surface area contributed by atoms with Crippen LogP contribution in [0, 0.1) is 5.92 Å². The lowest BCUT2D eigenvalue weighted by Crippen LogP contribution is -2.43. The number of nitrogens with one attached hydrogen (secondary N) is 1. The summed E-state index contributed by atoms with van der Waals surface area (Å²) in [5, 5.41) is 29.7. The van der Waals surface area contributed by atoms with Gasteiger partial charge >= 0.3 is 18.0 Å². The monoisotopic (exact) mass is 615 g/mol. The molecule has 1 aliphatic rings. The largest absolute Gasteiger partial charge is 0.478 e. The number of aromatic nitrogens is 2. The molecule has 0 unspecified atom stereocenters. The highest BCUT2D eigenvalue weighted by Gasteiger charge is 2.27. The Balaban J connectivity index is 0.000000557. The number of anilines is 1. The Hall–Kier alpha value is -4.60. The Morgan fingerprint density at radius 3 is 2.19 bits per heavy atom. The lowest BCUT2D eigenvalue weighted by molar-refractivity contribution is -0.134. The van der Waals surface area contributed by atoms with Gasteiger partial charge in [0.1, 0.15) is 0 Å². The molecule has 1 saturated heterocycles. The third-order valence-electron chi connectivity index (χ3n) is 6.42. The van der Waals surface area contributed by atoms with Crippen molar-refractivity contribution < 1.29 is 42.6 Å². The molecule has 0 spiro atoms. The van der Waals surface area contributed by atoms with Gasteiger partial charge in [0.15, 0.2) is 0 Å². The fraction of sp³-hybridized carbons (Fsp3) is 0.321. The van der Waals surface area contributed by atoms with Crippen LogP contribution in [0.3, 0.4) is 0 Å². The number of piperidine rings is 1. The summed E-state index contributed by atoms with van der Waals surface area (Å²) in [6, 6.07) is 16.6. The number of rotatable bonds is 11. The van der Waals surface area contributed by atoms with Crippen molar-refractivity contribution in [2.75, 3.05) is 43.9 Å². The molecule has 4 N–H and O–H groups in total. The standard InChI is InChI=1S/C24H29N5O5S.C4H4O4/c1-35(32,33)25-13-16-28-14-11-18(12-15-28)17-29(24(30)31)21-10-6-5-9-20(21)23-26-22(27-34-23)19-7-3-2-4-8-19;5-3(6)1-2-4(7)8/h2-10,18,25H,11-17H2,1H3,(H,30,31);1-2H,(H,5,6)(H,7,8). The molecule has 1 fully saturated rings. The van der Waals surface area contributed by atoms with Crippen LogP contribution < -0.4 is 9.62 Å². The minimum atomic E-state index is -3.20. The summed E-state index contributed by atoms with van der Waals surface area (Å²) < 4.78 is 30.5. The molecule has 1 aliphatic heterocycles. The summed E-state index contributed by atoms with van der Waals surface area (Å²) >= 11 is 0. The number of amides is 1. The molecule has 0 bridgehead atoms. The molecule has 4 rings (SSSR count). The van der Waals surface area contributed by atoms with Crippen LogP contribution in [0.15, 0.2) is 71.3 Å². The van der Waals surface area contributed by atoms with Gasteiger partial charge in [-0.3, -0.25) is 4.90 Å². The van der Waals surface area contributed by atoms with E-state index < -0.39 is 28.1 Å².